The van der Waals surface area contributed by atoms with Crippen molar-refractivity contribution in [1.82, 2.24) is 14.9 Å². The molecule has 0 aliphatic carbocycles. The van der Waals surface area contributed by atoms with E-state index in [1.54, 1.807) is 12.1 Å². The Morgan fingerprint density at radius 3 is 2.56 bits per heavy atom. The first-order chi connectivity index (χ1) is 16.4. The molecule has 0 saturated carbocycles. The maximum absolute atomic E-state index is 14.4. The van der Waals surface area contributed by atoms with Crippen LogP contribution in [0.2, 0.25) is 5.02 Å². The van der Waals surface area contributed by atoms with Crippen LogP contribution in [0.15, 0.2) is 36.5 Å². The molecule has 34 heavy (non-hydrogen) atoms. The minimum Gasteiger partial charge on any atom is -0.398 e. The Balaban J connectivity index is 1.43. The minimum atomic E-state index is -0.872. The summed E-state index contributed by atoms with van der Waals surface area (Å²) < 4.78 is 27.9. The Morgan fingerprint density at radius 1 is 1.06 bits per heavy atom. The third-order valence-corrected chi connectivity index (χ3v) is 6.96. The van der Waals surface area contributed by atoms with E-state index in [-0.39, 0.29) is 21.9 Å². The van der Waals surface area contributed by atoms with Gasteiger partial charge in [-0.25, -0.2) is 13.8 Å². The average molecular weight is 483 g/mol. The Morgan fingerprint density at radius 2 is 1.82 bits per heavy atom. The average Bonchev–Trinajstić information content (AvgIpc) is 2.81. The third kappa shape index (κ3) is 4.23. The summed E-state index contributed by atoms with van der Waals surface area (Å²) in [6.07, 6.45) is 6.75. The number of fused-ring (bicyclic) bond motifs is 1. The molecule has 3 aromatic rings. The molecule has 5 rings (SSSR count). The van der Waals surface area contributed by atoms with Gasteiger partial charge in [0.25, 0.3) is 0 Å². The van der Waals surface area contributed by atoms with Gasteiger partial charge in [-0.3, -0.25) is 9.88 Å². The molecule has 176 valence electrons. The highest BCUT2D eigenvalue weighted by molar-refractivity contribution is 6.31. The fourth-order valence-electron chi connectivity index (χ4n) is 4.66. The molecule has 2 aliphatic rings. The maximum atomic E-state index is 14.4. The van der Waals surface area contributed by atoms with Crippen molar-refractivity contribution in [2.75, 3.05) is 31.1 Å². The number of nitrogens with one attached hydrogen (secondary N) is 1. The van der Waals surface area contributed by atoms with E-state index >= 15 is 0 Å². The van der Waals surface area contributed by atoms with Crippen molar-refractivity contribution >= 4 is 45.8 Å². The summed E-state index contributed by atoms with van der Waals surface area (Å²) in [7, 11) is 0. The number of benzene rings is 1. The second-order valence-electron chi connectivity index (χ2n) is 8.80. The Hall–Kier alpha value is -3.10. The van der Waals surface area contributed by atoms with Gasteiger partial charge in [-0.15, -0.1) is 0 Å². The second-order valence-corrected chi connectivity index (χ2v) is 9.21. The number of aromatic nitrogens is 2. The number of nitrogens with zero attached hydrogens (tertiary/aromatic N) is 4. The van der Waals surface area contributed by atoms with Crippen molar-refractivity contribution in [3.05, 3.63) is 64.4 Å². The molecule has 0 atom stereocenters. The maximum Gasteiger partial charge on any atom is 0.144 e. The predicted octanol–water partition coefficient (Wildman–Crippen LogP) is 4.71. The molecule has 2 aromatic heterocycles. The van der Waals surface area contributed by atoms with E-state index < -0.39 is 11.6 Å². The Bertz CT molecular complexity index is 1280. The smallest absolute Gasteiger partial charge is 0.144 e. The third-order valence-electron chi connectivity index (χ3n) is 6.67. The number of allylic oxidation sites excluding steroid dienone is 1. The van der Waals surface area contributed by atoms with E-state index in [2.05, 4.69) is 19.8 Å². The number of hydrogen-bond donors (Lipinski definition) is 2. The first-order valence-corrected chi connectivity index (χ1v) is 11.7. The van der Waals surface area contributed by atoms with Crippen LogP contribution >= 0.6 is 11.6 Å². The van der Waals surface area contributed by atoms with Gasteiger partial charge in [0.15, 0.2) is 0 Å². The lowest BCUT2D eigenvalue weighted by atomic mass is 10.0. The molecule has 2 saturated heterocycles. The molecule has 0 spiro atoms. The van der Waals surface area contributed by atoms with Crippen molar-refractivity contribution in [3.8, 4) is 0 Å². The van der Waals surface area contributed by atoms with Crippen LogP contribution < -0.4 is 10.6 Å². The lowest BCUT2D eigenvalue weighted by molar-refractivity contribution is 0.139. The highest BCUT2D eigenvalue weighted by Crippen LogP contribution is 2.30. The number of nitrogens with two attached hydrogens (primary N) is 1. The van der Waals surface area contributed by atoms with Crippen molar-refractivity contribution in [2.45, 2.75) is 25.3 Å². The largest absolute Gasteiger partial charge is 0.398 e. The number of likely N-dealkylation sites (tertiary alicyclic amines) is 1. The zero-order valence-corrected chi connectivity index (χ0v) is 19.3. The summed E-state index contributed by atoms with van der Waals surface area (Å²) in [5.41, 5.74) is 9.02. The Labute approximate surface area is 201 Å². The van der Waals surface area contributed by atoms with Crippen molar-refractivity contribution in [2.24, 2.45) is 5.73 Å². The van der Waals surface area contributed by atoms with Gasteiger partial charge in [-0.2, -0.15) is 0 Å². The van der Waals surface area contributed by atoms with Gasteiger partial charge in [0.2, 0.25) is 0 Å². The van der Waals surface area contributed by atoms with Crippen molar-refractivity contribution in [1.29, 1.82) is 5.41 Å². The molecule has 0 radical (unpaired) electrons. The zero-order chi connectivity index (χ0) is 23.8. The van der Waals surface area contributed by atoms with Crippen LogP contribution in [0.3, 0.4) is 0 Å². The molecule has 2 fully saturated rings. The van der Waals surface area contributed by atoms with E-state index in [0.29, 0.717) is 28.8 Å². The SMILES string of the molecule is N=CC(=C(N)c1cc(Cl)c(F)cc1F)c1ccc2ncc(N3CC(N4CCCCC4)C3)cc2n1. The highest BCUT2D eigenvalue weighted by atomic mass is 35.5. The fourth-order valence-corrected chi connectivity index (χ4v) is 4.83. The predicted molar refractivity (Wildman–Crippen MR) is 132 cm³/mol. The van der Waals surface area contributed by atoms with Gasteiger partial charge in [0.05, 0.1) is 39.3 Å². The molecule has 9 heteroatoms. The summed E-state index contributed by atoms with van der Waals surface area (Å²) in [4.78, 5) is 14.1. The monoisotopic (exact) mass is 482 g/mol. The molecular formula is C25H25ClF2N6. The van der Waals surface area contributed by atoms with Gasteiger partial charge < -0.3 is 16.0 Å². The molecular weight excluding hydrogens is 458 g/mol. The summed E-state index contributed by atoms with van der Waals surface area (Å²) in [5, 5.41) is 7.61. The van der Waals surface area contributed by atoms with E-state index in [4.69, 9.17) is 22.7 Å². The van der Waals surface area contributed by atoms with Gasteiger partial charge in [0.1, 0.15) is 11.6 Å². The van der Waals surface area contributed by atoms with Crippen LogP contribution in [0.4, 0.5) is 14.5 Å². The van der Waals surface area contributed by atoms with Crippen LogP contribution in [0.5, 0.6) is 0 Å². The number of piperidine rings is 1. The van der Waals surface area contributed by atoms with Crippen LogP contribution in [0, 0.1) is 17.0 Å². The van der Waals surface area contributed by atoms with E-state index in [9.17, 15) is 8.78 Å². The topological polar surface area (TPSA) is 82.1 Å². The highest BCUT2D eigenvalue weighted by Gasteiger charge is 2.32. The van der Waals surface area contributed by atoms with Crippen molar-refractivity contribution in [3.63, 3.8) is 0 Å². The van der Waals surface area contributed by atoms with Crippen molar-refractivity contribution < 1.29 is 8.78 Å². The number of halogens is 3. The summed E-state index contributed by atoms with van der Waals surface area (Å²) >= 11 is 5.82. The summed E-state index contributed by atoms with van der Waals surface area (Å²) in [6, 6.07) is 7.83. The van der Waals surface area contributed by atoms with Gasteiger partial charge >= 0.3 is 0 Å². The van der Waals surface area contributed by atoms with E-state index in [1.165, 1.54) is 32.4 Å². The van der Waals surface area contributed by atoms with Crippen LogP contribution in [-0.2, 0) is 0 Å². The van der Waals surface area contributed by atoms with Gasteiger partial charge in [-0.05, 0) is 50.2 Å². The minimum absolute atomic E-state index is 0.0440. The first-order valence-electron chi connectivity index (χ1n) is 11.4. The first kappa shape index (κ1) is 22.7. The summed E-state index contributed by atoms with van der Waals surface area (Å²) in [6.45, 7) is 4.30. The van der Waals surface area contributed by atoms with E-state index in [0.717, 1.165) is 31.1 Å². The molecule has 3 N–H and O–H groups in total. The lowest BCUT2D eigenvalue weighted by Gasteiger charge is -2.47. The molecule has 1 aromatic carbocycles. The zero-order valence-electron chi connectivity index (χ0n) is 18.6. The van der Waals surface area contributed by atoms with E-state index in [1.807, 2.05) is 12.3 Å². The molecule has 2 aliphatic heterocycles. The van der Waals surface area contributed by atoms with Crippen LogP contribution in [0.1, 0.15) is 30.5 Å². The van der Waals surface area contributed by atoms with Crippen LogP contribution in [0.25, 0.3) is 22.3 Å². The fraction of sp³-hybridized carbons (Fsp3) is 0.320. The number of hydrogen-bond acceptors (Lipinski definition) is 6. The van der Waals surface area contributed by atoms with Gasteiger partial charge in [0, 0.05) is 42.5 Å². The molecule has 0 unspecified atom stereocenters. The molecule has 0 amide bonds. The number of rotatable bonds is 5. The van der Waals surface area contributed by atoms with Gasteiger partial charge in [-0.1, -0.05) is 18.0 Å². The summed E-state index contributed by atoms with van der Waals surface area (Å²) in [5.74, 6) is -1.73. The second kappa shape index (κ2) is 9.27. The number of pyridine rings is 2. The standard InChI is InChI=1S/C25H25ClF2N6/c26-19-9-17(20(27)10-21(19)28)25(30)18(11-29)22-4-5-23-24(32-22)8-15(12-31-23)34-13-16(14-34)33-6-2-1-3-7-33/h4-5,8-12,16,29H,1-3,6-7,13-14,30H2. The quantitative estimate of drug-likeness (QED) is 0.406. The molecule has 0 bridgehead atoms. The Kier molecular flexibility index (Phi) is 6.18. The lowest BCUT2D eigenvalue weighted by Crippen LogP contribution is -2.60. The normalized spacial score (nSPS) is 18.0. The molecule has 4 heterocycles. The molecule has 6 nitrogen and oxygen atoms in total. The van der Waals surface area contributed by atoms with Crippen LogP contribution in [-0.4, -0.2) is 53.3 Å². The number of anilines is 1.